The van der Waals surface area contributed by atoms with E-state index in [-0.39, 0.29) is 29.8 Å². The number of nitrogens with one attached hydrogen (secondary N) is 2. The summed E-state index contributed by atoms with van der Waals surface area (Å²) in [6, 6.07) is 11.2. The quantitative estimate of drug-likeness (QED) is 0.280. The number of halogens is 5. The highest BCUT2D eigenvalue weighted by Crippen LogP contribution is 2.30. The molecule has 0 saturated carbocycles. The Balaban J connectivity index is 1.96. The predicted molar refractivity (Wildman–Crippen MR) is 112 cm³/mol. The molecule has 0 aliphatic carbocycles. The van der Waals surface area contributed by atoms with Gasteiger partial charge in [0.25, 0.3) is 0 Å². The number of aliphatic hydroxyl groups is 1. The molecule has 1 aromatic heterocycles. The van der Waals surface area contributed by atoms with E-state index in [4.69, 9.17) is 5.11 Å². The van der Waals surface area contributed by atoms with Crippen molar-refractivity contribution in [3.05, 3.63) is 58.8 Å². The molecule has 2 aromatic carbocycles. The first-order valence-electron chi connectivity index (χ1n) is 9.05. The zero-order chi connectivity index (χ0) is 22.4. The Bertz CT molecular complexity index is 1050. The van der Waals surface area contributed by atoms with Crippen LogP contribution < -0.4 is 15.4 Å². The molecule has 3 N–H and O–H groups in total. The number of alkyl halides is 3. The highest BCUT2D eigenvalue weighted by Gasteiger charge is 2.31. The molecule has 0 radical (unpaired) electrons. The van der Waals surface area contributed by atoms with Gasteiger partial charge < -0.3 is 20.5 Å². The second-order valence-corrected chi connectivity index (χ2v) is 7.21. The maximum absolute atomic E-state index is 14.2. The number of anilines is 3. The van der Waals surface area contributed by atoms with Crippen LogP contribution in [0, 0.1) is 5.82 Å². The largest absolute Gasteiger partial charge is 0.573 e. The summed E-state index contributed by atoms with van der Waals surface area (Å²) in [6.45, 7) is 0.321. The molecule has 1 heterocycles. The Morgan fingerprint density at radius 2 is 1.87 bits per heavy atom. The number of hydrogen-bond donors (Lipinski definition) is 3. The third-order valence-electron chi connectivity index (χ3n) is 3.90. The molecule has 0 amide bonds. The molecular weight excluding hydrogens is 484 g/mol. The summed E-state index contributed by atoms with van der Waals surface area (Å²) >= 11 is 3.18. The lowest BCUT2D eigenvalue weighted by Gasteiger charge is -2.13. The van der Waals surface area contributed by atoms with Gasteiger partial charge in [-0.15, -0.1) is 13.2 Å². The molecule has 0 spiro atoms. The molecule has 0 unspecified atom stereocenters. The zero-order valence-electron chi connectivity index (χ0n) is 15.9. The predicted octanol–water partition coefficient (Wildman–Crippen LogP) is 5.48. The van der Waals surface area contributed by atoms with Crippen molar-refractivity contribution in [2.24, 2.45) is 0 Å². The Kier molecular flexibility index (Phi) is 7.29. The Morgan fingerprint density at radius 3 is 2.58 bits per heavy atom. The summed E-state index contributed by atoms with van der Waals surface area (Å²) in [5.41, 5.74) is 0.783. The molecular formula is C20H17BrF4N4O2. The van der Waals surface area contributed by atoms with Gasteiger partial charge in [-0.25, -0.2) is 9.37 Å². The van der Waals surface area contributed by atoms with Crippen LogP contribution in [-0.4, -0.2) is 34.6 Å². The SMILES string of the molecule is OCCCNc1nc(Nc2ccc(Br)cc2F)cc(-c2cccc(OC(F)(F)F)c2)n1. The van der Waals surface area contributed by atoms with E-state index in [1.807, 2.05) is 0 Å². The van der Waals surface area contributed by atoms with Gasteiger partial charge in [-0.3, -0.25) is 0 Å². The molecule has 31 heavy (non-hydrogen) atoms. The standard InChI is InChI=1S/C20H17BrF4N4O2/c21-13-5-6-16(15(22)10-13)27-18-11-17(28-19(29-18)26-7-2-8-30)12-3-1-4-14(9-12)31-20(23,24)25/h1,3-6,9-11,30H,2,7-8H2,(H2,26,27,28,29). The minimum atomic E-state index is -4.83. The fraction of sp³-hybridized carbons (Fsp3) is 0.200. The number of hydrogen-bond acceptors (Lipinski definition) is 6. The summed E-state index contributed by atoms with van der Waals surface area (Å²) in [5, 5.41) is 14.7. The van der Waals surface area contributed by atoms with Gasteiger partial charge in [-0.05, 0) is 36.8 Å². The average Bonchev–Trinajstić information content (AvgIpc) is 2.69. The molecule has 0 bridgehead atoms. The van der Waals surface area contributed by atoms with E-state index in [0.29, 0.717) is 23.0 Å². The molecule has 3 aromatic rings. The smallest absolute Gasteiger partial charge is 0.406 e. The van der Waals surface area contributed by atoms with Crippen molar-refractivity contribution >= 4 is 33.4 Å². The minimum Gasteiger partial charge on any atom is -0.406 e. The van der Waals surface area contributed by atoms with Gasteiger partial charge in [0.2, 0.25) is 5.95 Å². The van der Waals surface area contributed by atoms with Crippen LogP contribution >= 0.6 is 15.9 Å². The third kappa shape index (κ3) is 6.79. The monoisotopic (exact) mass is 500 g/mol. The Labute approximate surface area is 183 Å². The van der Waals surface area contributed by atoms with Crippen LogP contribution in [0.5, 0.6) is 5.75 Å². The lowest BCUT2D eigenvalue weighted by molar-refractivity contribution is -0.274. The third-order valence-corrected chi connectivity index (χ3v) is 4.39. The van der Waals surface area contributed by atoms with E-state index in [1.165, 1.54) is 36.4 Å². The van der Waals surface area contributed by atoms with Gasteiger partial charge in [0.1, 0.15) is 17.4 Å². The van der Waals surface area contributed by atoms with Gasteiger partial charge in [0.05, 0.1) is 11.4 Å². The number of ether oxygens (including phenoxy) is 1. The molecule has 0 atom stereocenters. The molecule has 0 fully saturated rings. The van der Waals surface area contributed by atoms with Crippen LogP contribution in [0.15, 0.2) is 53.0 Å². The van der Waals surface area contributed by atoms with E-state index in [0.717, 1.165) is 0 Å². The van der Waals surface area contributed by atoms with Crippen molar-refractivity contribution in [1.82, 2.24) is 9.97 Å². The molecule has 164 valence electrons. The van der Waals surface area contributed by atoms with Crippen LogP contribution in [0.4, 0.5) is 35.0 Å². The van der Waals surface area contributed by atoms with Gasteiger partial charge in [-0.2, -0.15) is 4.98 Å². The normalized spacial score (nSPS) is 11.3. The summed E-state index contributed by atoms with van der Waals surface area (Å²) in [6.07, 6.45) is -4.39. The van der Waals surface area contributed by atoms with Crippen LogP contribution in [0.1, 0.15) is 6.42 Å². The first kappa shape index (κ1) is 22.8. The Morgan fingerprint density at radius 1 is 1.06 bits per heavy atom. The van der Waals surface area contributed by atoms with E-state index in [9.17, 15) is 17.6 Å². The average molecular weight is 501 g/mol. The summed E-state index contributed by atoms with van der Waals surface area (Å²) in [7, 11) is 0. The number of rotatable bonds is 8. The summed E-state index contributed by atoms with van der Waals surface area (Å²) < 4.78 is 56.4. The van der Waals surface area contributed by atoms with E-state index in [1.54, 1.807) is 12.1 Å². The van der Waals surface area contributed by atoms with Gasteiger partial charge in [0.15, 0.2) is 0 Å². The first-order valence-corrected chi connectivity index (χ1v) is 9.85. The number of aromatic nitrogens is 2. The van der Waals surface area contributed by atoms with Crippen molar-refractivity contribution in [3.63, 3.8) is 0 Å². The summed E-state index contributed by atoms with van der Waals surface area (Å²) in [5.74, 6) is -0.537. The first-order chi connectivity index (χ1) is 14.7. The van der Waals surface area contributed by atoms with Crippen LogP contribution in [0.3, 0.4) is 0 Å². The van der Waals surface area contributed by atoms with Crippen molar-refractivity contribution in [1.29, 1.82) is 0 Å². The number of benzene rings is 2. The highest BCUT2D eigenvalue weighted by molar-refractivity contribution is 9.10. The van der Waals surface area contributed by atoms with Crippen molar-refractivity contribution in [3.8, 4) is 17.0 Å². The van der Waals surface area contributed by atoms with Crippen LogP contribution in [0.2, 0.25) is 0 Å². The van der Waals surface area contributed by atoms with Crippen molar-refractivity contribution in [2.75, 3.05) is 23.8 Å². The molecule has 0 aliphatic rings. The van der Waals surface area contributed by atoms with Crippen LogP contribution in [0.25, 0.3) is 11.3 Å². The highest BCUT2D eigenvalue weighted by atomic mass is 79.9. The molecule has 0 saturated heterocycles. The summed E-state index contributed by atoms with van der Waals surface area (Å²) in [4.78, 5) is 8.58. The second kappa shape index (κ2) is 9.92. The number of aliphatic hydroxyl groups excluding tert-OH is 1. The van der Waals surface area contributed by atoms with Gasteiger partial charge in [-0.1, -0.05) is 28.1 Å². The maximum Gasteiger partial charge on any atom is 0.573 e. The molecule has 6 nitrogen and oxygen atoms in total. The van der Waals surface area contributed by atoms with Gasteiger partial charge >= 0.3 is 6.36 Å². The maximum atomic E-state index is 14.2. The fourth-order valence-electron chi connectivity index (χ4n) is 2.60. The lowest BCUT2D eigenvalue weighted by Crippen LogP contribution is -2.17. The molecule has 3 rings (SSSR count). The minimum absolute atomic E-state index is 0.0429. The van der Waals surface area contributed by atoms with Crippen LogP contribution in [-0.2, 0) is 0 Å². The van der Waals surface area contributed by atoms with Crippen molar-refractivity contribution < 1.29 is 27.4 Å². The van der Waals surface area contributed by atoms with Gasteiger partial charge in [0, 0.05) is 29.3 Å². The second-order valence-electron chi connectivity index (χ2n) is 6.29. The van der Waals surface area contributed by atoms with E-state index >= 15 is 0 Å². The molecule has 0 aliphatic heterocycles. The number of nitrogens with zero attached hydrogens (tertiary/aromatic N) is 2. The zero-order valence-corrected chi connectivity index (χ0v) is 17.5. The lowest BCUT2D eigenvalue weighted by atomic mass is 10.1. The fourth-order valence-corrected chi connectivity index (χ4v) is 2.93. The van der Waals surface area contributed by atoms with Crippen molar-refractivity contribution in [2.45, 2.75) is 12.8 Å². The van der Waals surface area contributed by atoms with E-state index < -0.39 is 17.9 Å². The molecule has 11 heteroatoms. The van der Waals surface area contributed by atoms with E-state index in [2.05, 4.69) is 41.3 Å². The topological polar surface area (TPSA) is 79.3 Å². The Hall–Kier alpha value is -2.92.